The summed E-state index contributed by atoms with van der Waals surface area (Å²) in [6, 6.07) is 8.22. The Kier molecular flexibility index (Phi) is 5.32. The highest BCUT2D eigenvalue weighted by atomic mass is 79.9. The second kappa shape index (κ2) is 6.59. The maximum Gasteiger partial charge on any atom is 0.0995 e. The van der Waals surface area contributed by atoms with Crippen LogP contribution in [0.4, 0.5) is 0 Å². The summed E-state index contributed by atoms with van der Waals surface area (Å²) in [6.45, 7) is 5.05. The van der Waals surface area contributed by atoms with Crippen LogP contribution in [0.1, 0.15) is 29.7 Å². The summed E-state index contributed by atoms with van der Waals surface area (Å²) in [5.41, 5.74) is 3.47. The molecule has 0 saturated heterocycles. The minimum absolute atomic E-state index is 0.0683. The van der Waals surface area contributed by atoms with Crippen LogP contribution in [0.15, 0.2) is 28.7 Å². The van der Waals surface area contributed by atoms with E-state index in [1.807, 2.05) is 18.2 Å². The van der Waals surface area contributed by atoms with Gasteiger partial charge in [0.1, 0.15) is 0 Å². The van der Waals surface area contributed by atoms with Crippen LogP contribution in [0.3, 0.4) is 0 Å². The van der Waals surface area contributed by atoms with Crippen molar-refractivity contribution < 1.29 is 0 Å². The van der Waals surface area contributed by atoms with Gasteiger partial charge in [0.25, 0.3) is 0 Å². The van der Waals surface area contributed by atoms with Crippen molar-refractivity contribution in [3.05, 3.63) is 54.1 Å². The first kappa shape index (κ1) is 15.3. The van der Waals surface area contributed by atoms with E-state index in [0.29, 0.717) is 0 Å². The molecule has 0 aliphatic carbocycles. The van der Waals surface area contributed by atoms with Crippen molar-refractivity contribution in [1.29, 1.82) is 0 Å². The van der Waals surface area contributed by atoms with Crippen LogP contribution in [0.25, 0.3) is 0 Å². The van der Waals surface area contributed by atoms with Gasteiger partial charge in [0, 0.05) is 10.0 Å². The Hall–Kier alpha value is -0.0600. The van der Waals surface area contributed by atoms with E-state index in [1.165, 1.54) is 22.5 Å². The van der Waals surface area contributed by atoms with Gasteiger partial charge < -0.3 is 5.32 Å². The SMILES string of the molecule is CCNC(c1cc(Cl)sc1Cl)c1cccc(Br)c1C. The van der Waals surface area contributed by atoms with Gasteiger partial charge in [-0.05, 0) is 36.7 Å². The first-order valence-corrected chi connectivity index (χ1v) is 8.34. The molecule has 0 amide bonds. The van der Waals surface area contributed by atoms with E-state index in [4.69, 9.17) is 23.2 Å². The number of hydrogen-bond donors (Lipinski definition) is 1. The van der Waals surface area contributed by atoms with Gasteiger partial charge in [-0.1, -0.05) is 58.2 Å². The standard InChI is InChI=1S/C14H14BrCl2NS/c1-3-18-13(10-7-12(16)19-14(10)17)9-5-4-6-11(15)8(9)2/h4-7,13,18H,3H2,1-2H3. The van der Waals surface area contributed by atoms with E-state index in [1.54, 1.807) is 0 Å². The molecule has 2 aromatic rings. The van der Waals surface area contributed by atoms with Crippen LogP contribution in [-0.4, -0.2) is 6.54 Å². The van der Waals surface area contributed by atoms with E-state index in [-0.39, 0.29) is 6.04 Å². The van der Waals surface area contributed by atoms with Gasteiger partial charge in [0.2, 0.25) is 0 Å². The molecule has 1 N–H and O–H groups in total. The highest BCUT2D eigenvalue weighted by molar-refractivity contribution is 9.10. The Bertz CT molecular complexity index is 583. The third kappa shape index (κ3) is 3.34. The molecule has 1 aromatic carbocycles. The Balaban J connectivity index is 2.51. The highest BCUT2D eigenvalue weighted by Crippen LogP contribution is 2.39. The fourth-order valence-electron chi connectivity index (χ4n) is 2.08. The monoisotopic (exact) mass is 377 g/mol. The molecule has 0 fully saturated rings. The molecular weight excluding hydrogens is 365 g/mol. The lowest BCUT2D eigenvalue weighted by molar-refractivity contribution is 0.629. The molecule has 0 bridgehead atoms. The number of benzene rings is 1. The van der Waals surface area contributed by atoms with Gasteiger partial charge in [-0.25, -0.2) is 0 Å². The van der Waals surface area contributed by atoms with Gasteiger partial charge in [0.05, 0.1) is 14.7 Å². The molecule has 1 atom stereocenters. The van der Waals surface area contributed by atoms with Crippen LogP contribution >= 0.6 is 50.5 Å². The highest BCUT2D eigenvalue weighted by Gasteiger charge is 2.20. The molecule has 1 aromatic heterocycles. The minimum atomic E-state index is 0.0683. The third-order valence-corrected chi connectivity index (χ3v) is 5.40. The second-order valence-corrected chi connectivity index (χ2v) is 7.36. The molecule has 1 nitrogen and oxygen atoms in total. The molecule has 102 valence electrons. The predicted molar refractivity (Wildman–Crippen MR) is 88.7 cm³/mol. The van der Waals surface area contributed by atoms with E-state index in [0.717, 1.165) is 25.3 Å². The maximum atomic E-state index is 6.30. The fourth-order valence-corrected chi connectivity index (χ4v) is 3.99. The topological polar surface area (TPSA) is 12.0 Å². The van der Waals surface area contributed by atoms with Gasteiger partial charge in [-0.15, -0.1) is 11.3 Å². The zero-order valence-corrected chi connectivity index (χ0v) is 14.6. The molecule has 0 aliphatic heterocycles. The van der Waals surface area contributed by atoms with E-state index >= 15 is 0 Å². The van der Waals surface area contributed by atoms with Crippen LogP contribution in [-0.2, 0) is 0 Å². The van der Waals surface area contributed by atoms with Gasteiger partial charge in [-0.3, -0.25) is 0 Å². The number of halogens is 3. The van der Waals surface area contributed by atoms with Gasteiger partial charge in [-0.2, -0.15) is 0 Å². The van der Waals surface area contributed by atoms with Crippen molar-refractivity contribution >= 4 is 50.5 Å². The molecule has 5 heteroatoms. The Morgan fingerprint density at radius 3 is 2.63 bits per heavy atom. The predicted octanol–water partition coefficient (Wildman–Crippen LogP) is 5.82. The van der Waals surface area contributed by atoms with E-state index in [2.05, 4.69) is 41.2 Å². The average Bonchev–Trinajstić information content (AvgIpc) is 2.69. The molecule has 0 spiro atoms. The first-order valence-electron chi connectivity index (χ1n) is 5.97. The molecule has 1 unspecified atom stereocenters. The molecule has 0 radical (unpaired) electrons. The summed E-state index contributed by atoms with van der Waals surface area (Å²) in [6.07, 6.45) is 0. The first-order chi connectivity index (χ1) is 9.04. The lowest BCUT2D eigenvalue weighted by atomic mass is 9.97. The van der Waals surface area contributed by atoms with Crippen LogP contribution in [0.2, 0.25) is 8.67 Å². The summed E-state index contributed by atoms with van der Waals surface area (Å²) in [5, 5.41) is 3.48. The second-order valence-electron chi connectivity index (χ2n) is 4.22. The maximum absolute atomic E-state index is 6.30. The van der Waals surface area contributed by atoms with Gasteiger partial charge >= 0.3 is 0 Å². The summed E-state index contributed by atoms with van der Waals surface area (Å²) in [5.74, 6) is 0. The summed E-state index contributed by atoms with van der Waals surface area (Å²) < 4.78 is 2.57. The molecule has 1 heterocycles. The lowest BCUT2D eigenvalue weighted by Gasteiger charge is -2.20. The normalized spacial score (nSPS) is 12.7. The number of rotatable bonds is 4. The smallest absolute Gasteiger partial charge is 0.0995 e. The van der Waals surface area contributed by atoms with Crippen molar-refractivity contribution in [3.63, 3.8) is 0 Å². The number of hydrogen-bond acceptors (Lipinski definition) is 2. The van der Waals surface area contributed by atoms with Crippen molar-refractivity contribution in [1.82, 2.24) is 5.32 Å². The van der Waals surface area contributed by atoms with Gasteiger partial charge in [0.15, 0.2) is 0 Å². The quantitative estimate of drug-likeness (QED) is 0.706. The molecule has 0 aliphatic rings. The molecule has 19 heavy (non-hydrogen) atoms. The average molecular weight is 379 g/mol. The zero-order valence-electron chi connectivity index (χ0n) is 10.6. The molecule has 0 saturated carbocycles. The molecular formula is C14H14BrCl2NS. The largest absolute Gasteiger partial charge is 0.306 e. The van der Waals surface area contributed by atoms with E-state index < -0.39 is 0 Å². The summed E-state index contributed by atoms with van der Waals surface area (Å²) in [7, 11) is 0. The van der Waals surface area contributed by atoms with Crippen molar-refractivity contribution in [2.45, 2.75) is 19.9 Å². The summed E-state index contributed by atoms with van der Waals surface area (Å²) in [4.78, 5) is 0. The van der Waals surface area contributed by atoms with Crippen LogP contribution in [0.5, 0.6) is 0 Å². The lowest BCUT2D eigenvalue weighted by Crippen LogP contribution is -2.22. The summed E-state index contributed by atoms with van der Waals surface area (Å²) >= 11 is 17.4. The van der Waals surface area contributed by atoms with Crippen molar-refractivity contribution in [3.8, 4) is 0 Å². The van der Waals surface area contributed by atoms with E-state index in [9.17, 15) is 0 Å². The minimum Gasteiger partial charge on any atom is -0.306 e. The Morgan fingerprint density at radius 2 is 2.05 bits per heavy atom. The van der Waals surface area contributed by atoms with Crippen LogP contribution in [0, 0.1) is 6.92 Å². The van der Waals surface area contributed by atoms with Crippen molar-refractivity contribution in [2.24, 2.45) is 0 Å². The van der Waals surface area contributed by atoms with Crippen LogP contribution < -0.4 is 5.32 Å². The number of nitrogens with one attached hydrogen (secondary N) is 1. The Morgan fingerprint density at radius 1 is 1.32 bits per heavy atom. The molecule has 2 rings (SSSR count). The Labute approximate surface area is 136 Å². The fraction of sp³-hybridized carbons (Fsp3) is 0.286. The zero-order chi connectivity index (χ0) is 14.0. The number of thiophene rings is 1. The van der Waals surface area contributed by atoms with Crippen molar-refractivity contribution in [2.75, 3.05) is 6.54 Å². The third-order valence-electron chi connectivity index (χ3n) is 3.02.